The normalized spacial score (nSPS) is 15.4. The van der Waals surface area contributed by atoms with E-state index in [0.29, 0.717) is 40.6 Å². The van der Waals surface area contributed by atoms with Gasteiger partial charge in [0.15, 0.2) is 17.6 Å². The van der Waals surface area contributed by atoms with E-state index >= 15 is 0 Å². The minimum absolute atomic E-state index is 0.116. The number of fused-ring (bicyclic) bond motifs is 2. The third-order valence-electron chi connectivity index (χ3n) is 4.56. The average Bonchev–Trinajstić information content (AvgIpc) is 2.70. The standard InChI is InChI=1S/C20H18ClN3O4/c1-23(9-14-11-27-17-4-2-3-5-18(17)28-14)19(25)10-24-12-22-16-7-6-13(21)8-15(16)20(24)26/h2-8,12,14H,9-11H2,1H3/t14-/m1/s1. The van der Waals surface area contributed by atoms with Gasteiger partial charge in [0.25, 0.3) is 5.56 Å². The summed E-state index contributed by atoms with van der Waals surface area (Å²) in [7, 11) is 1.67. The SMILES string of the molecule is CN(C[C@@H]1COc2ccccc2O1)C(=O)Cn1cnc2ccc(Cl)cc2c1=O. The second-order valence-corrected chi connectivity index (χ2v) is 7.05. The van der Waals surface area contributed by atoms with Crippen LogP contribution in [-0.4, -0.2) is 46.7 Å². The minimum atomic E-state index is -0.305. The van der Waals surface area contributed by atoms with E-state index in [0.717, 1.165) is 0 Å². The van der Waals surface area contributed by atoms with Crippen molar-refractivity contribution in [3.8, 4) is 11.5 Å². The molecule has 0 unspecified atom stereocenters. The van der Waals surface area contributed by atoms with Crippen molar-refractivity contribution in [1.82, 2.24) is 14.5 Å². The van der Waals surface area contributed by atoms with Crippen molar-refractivity contribution in [3.05, 3.63) is 64.2 Å². The van der Waals surface area contributed by atoms with Gasteiger partial charge in [-0.15, -0.1) is 0 Å². The second kappa shape index (κ2) is 7.52. The van der Waals surface area contributed by atoms with E-state index in [2.05, 4.69) is 4.98 Å². The summed E-state index contributed by atoms with van der Waals surface area (Å²) in [5.74, 6) is 1.12. The molecule has 0 aliphatic carbocycles. The number of carbonyl (C=O) groups is 1. The van der Waals surface area contributed by atoms with Crippen LogP contribution in [0.1, 0.15) is 0 Å². The fourth-order valence-corrected chi connectivity index (χ4v) is 3.24. The van der Waals surface area contributed by atoms with Crippen LogP contribution in [0.2, 0.25) is 5.02 Å². The summed E-state index contributed by atoms with van der Waals surface area (Å²) in [5.41, 5.74) is 0.235. The van der Waals surface area contributed by atoms with Gasteiger partial charge in [-0.3, -0.25) is 14.2 Å². The Labute approximate surface area is 166 Å². The van der Waals surface area contributed by atoms with Crippen LogP contribution in [0, 0.1) is 0 Å². The van der Waals surface area contributed by atoms with Gasteiger partial charge in [-0.1, -0.05) is 23.7 Å². The maximum Gasteiger partial charge on any atom is 0.261 e. The van der Waals surface area contributed by atoms with Crippen molar-refractivity contribution >= 4 is 28.4 Å². The lowest BCUT2D eigenvalue weighted by molar-refractivity contribution is -0.132. The number of hydrogen-bond donors (Lipinski definition) is 0. The van der Waals surface area contributed by atoms with E-state index in [9.17, 15) is 9.59 Å². The highest BCUT2D eigenvalue weighted by Gasteiger charge is 2.24. The van der Waals surface area contributed by atoms with Gasteiger partial charge < -0.3 is 14.4 Å². The van der Waals surface area contributed by atoms with E-state index in [1.54, 1.807) is 25.2 Å². The molecule has 0 bridgehead atoms. The molecule has 1 amide bonds. The van der Waals surface area contributed by atoms with E-state index in [-0.39, 0.29) is 24.1 Å². The van der Waals surface area contributed by atoms with E-state index in [1.807, 2.05) is 24.3 Å². The highest BCUT2D eigenvalue weighted by molar-refractivity contribution is 6.31. The van der Waals surface area contributed by atoms with Gasteiger partial charge >= 0.3 is 0 Å². The molecule has 0 N–H and O–H groups in total. The number of benzene rings is 2. The second-order valence-electron chi connectivity index (χ2n) is 6.61. The molecular formula is C20H18ClN3O4. The summed E-state index contributed by atoms with van der Waals surface area (Å²) in [6.45, 7) is 0.578. The number of likely N-dealkylation sites (N-methyl/N-ethyl adjacent to an activating group) is 1. The van der Waals surface area contributed by atoms with Crippen molar-refractivity contribution in [2.24, 2.45) is 0 Å². The Morgan fingerprint density at radius 3 is 2.89 bits per heavy atom. The smallest absolute Gasteiger partial charge is 0.261 e. The van der Waals surface area contributed by atoms with Crippen molar-refractivity contribution < 1.29 is 14.3 Å². The third-order valence-corrected chi connectivity index (χ3v) is 4.80. The maximum absolute atomic E-state index is 12.6. The maximum atomic E-state index is 12.6. The van der Waals surface area contributed by atoms with Gasteiger partial charge in [-0.05, 0) is 30.3 Å². The first-order valence-electron chi connectivity index (χ1n) is 8.78. The van der Waals surface area contributed by atoms with Crippen LogP contribution in [0.25, 0.3) is 10.9 Å². The highest BCUT2D eigenvalue weighted by Crippen LogP contribution is 2.30. The van der Waals surface area contributed by atoms with Crippen LogP contribution in [0.4, 0.5) is 0 Å². The van der Waals surface area contributed by atoms with Crippen LogP contribution in [-0.2, 0) is 11.3 Å². The molecule has 0 saturated heterocycles. The molecule has 3 aromatic rings. The van der Waals surface area contributed by atoms with Gasteiger partial charge in [0.1, 0.15) is 13.2 Å². The lowest BCUT2D eigenvalue weighted by Crippen LogP contribution is -2.43. The molecular weight excluding hydrogens is 382 g/mol. The summed E-state index contributed by atoms with van der Waals surface area (Å²) in [6, 6.07) is 12.3. The first-order valence-corrected chi connectivity index (χ1v) is 9.16. The zero-order valence-electron chi connectivity index (χ0n) is 15.2. The Morgan fingerprint density at radius 2 is 2.07 bits per heavy atom. The Hall–Kier alpha value is -3.06. The molecule has 0 radical (unpaired) electrons. The zero-order chi connectivity index (χ0) is 19.7. The third kappa shape index (κ3) is 3.66. The van der Waals surface area contributed by atoms with Gasteiger partial charge in [0, 0.05) is 12.1 Å². The molecule has 144 valence electrons. The number of para-hydroxylation sites is 2. The predicted molar refractivity (Wildman–Crippen MR) is 105 cm³/mol. The fourth-order valence-electron chi connectivity index (χ4n) is 3.07. The average molecular weight is 400 g/mol. The molecule has 2 heterocycles. The van der Waals surface area contributed by atoms with Crippen molar-refractivity contribution in [3.63, 3.8) is 0 Å². The van der Waals surface area contributed by atoms with E-state index in [4.69, 9.17) is 21.1 Å². The molecule has 2 aromatic carbocycles. The molecule has 8 heteroatoms. The Bertz CT molecular complexity index is 1100. The molecule has 1 aliphatic rings. The van der Waals surface area contributed by atoms with Crippen LogP contribution < -0.4 is 15.0 Å². The molecule has 28 heavy (non-hydrogen) atoms. The van der Waals surface area contributed by atoms with Crippen LogP contribution in [0.5, 0.6) is 11.5 Å². The molecule has 0 saturated carbocycles. The first kappa shape index (κ1) is 18.3. The Balaban J connectivity index is 1.44. The molecule has 7 nitrogen and oxygen atoms in total. The Kier molecular flexibility index (Phi) is 4.92. The molecule has 1 atom stereocenters. The van der Waals surface area contributed by atoms with Crippen LogP contribution in [0.15, 0.2) is 53.6 Å². The number of amides is 1. The lowest BCUT2D eigenvalue weighted by Gasteiger charge is -2.29. The quantitative estimate of drug-likeness (QED) is 0.673. The summed E-state index contributed by atoms with van der Waals surface area (Å²) in [6.07, 6.45) is 1.09. The topological polar surface area (TPSA) is 73.7 Å². The number of nitrogens with zero attached hydrogens (tertiary/aromatic N) is 3. The zero-order valence-corrected chi connectivity index (χ0v) is 15.9. The number of aromatic nitrogens is 2. The molecule has 0 fully saturated rings. The summed E-state index contributed by atoms with van der Waals surface area (Å²) < 4.78 is 12.8. The number of rotatable bonds is 4. The predicted octanol–water partition coefficient (Wildman–Crippen LogP) is 2.35. The number of halogens is 1. The summed E-state index contributed by atoms with van der Waals surface area (Å²) >= 11 is 5.97. The van der Waals surface area contributed by atoms with Crippen LogP contribution >= 0.6 is 11.6 Å². The molecule has 4 rings (SSSR count). The lowest BCUT2D eigenvalue weighted by atomic mass is 10.2. The molecule has 0 spiro atoms. The van der Waals surface area contributed by atoms with E-state index < -0.39 is 0 Å². The fraction of sp³-hybridized carbons (Fsp3) is 0.250. The van der Waals surface area contributed by atoms with Crippen molar-refractivity contribution in [2.45, 2.75) is 12.6 Å². The highest BCUT2D eigenvalue weighted by atomic mass is 35.5. The summed E-state index contributed by atoms with van der Waals surface area (Å²) in [5, 5.41) is 0.827. The molecule has 1 aliphatic heterocycles. The van der Waals surface area contributed by atoms with E-state index in [1.165, 1.54) is 15.8 Å². The first-order chi connectivity index (χ1) is 13.5. The largest absolute Gasteiger partial charge is 0.486 e. The summed E-state index contributed by atoms with van der Waals surface area (Å²) in [4.78, 5) is 31.0. The monoisotopic (exact) mass is 399 g/mol. The van der Waals surface area contributed by atoms with Gasteiger partial charge in [-0.2, -0.15) is 0 Å². The number of ether oxygens (including phenoxy) is 2. The Morgan fingerprint density at radius 1 is 1.29 bits per heavy atom. The van der Waals surface area contributed by atoms with Gasteiger partial charge in [0.05, 0.1) is 23.8 Å². The number of carbonyl (C=O) groups excluding carboxylic acids is 1. The van der Waals surface area contributed by atoms with Gasteiger partial charge in [0.2, 0.25) is 5.91 Å². The van der Waals surface area contributed by atoms with Gasteiger partial charge in [-0.25, -0.2) is 4.98 Å². The van der Waals surface area contributed by atoms with Crippen molar-refractivity contribution in [2.75, 3.05) is 20.2 Å². The van der Waals surface area contributed by atoms with Crippen LogP contribution in [0.3, 0.4) is 0 Å². The molecule has 1 aromatic heterocycles. The minimum Gasteiger partial charge on any atom is -0.486 e. The number of hydrogen-bond acceptors (Lipinski definition) is 5. The van der Waals surface area contributed by atoms with Crippen molar-refractivity contribution in [1.29, 1.82) is 0 Å².